The maximum absolute atomic E-state index is 5.59. The monoisotopic (exact) mass is 257 g/mol. The summed E-state index contributed by atoms with van der Waals surface area (Å²) in [6, 6.07) is 3.75. The Morgan fingerprint density at radius 1 is 1.64 bits per heavy atom. The number of aromatic nitrogens is 1. The lowest BCUT2D eigenvalue weighted by Gasteiger charge is -2.11. The van der Waals surface area contributed by atoms with Crippen LogP contribution in [0.4, 0.5) is 0 Å². The quantitative estimate of drug-likeness (QED) is 0.780. The van der Waals surface area contributed by atoms with E-state index in [1.54, 1.807) is 6.20 Å². The van der Waals surface area contributed by atoms with Gasteiger partial charge in [0.2, 0.25) is 0 Å². The predicted octanol–water partition coefficient (Wildman–Crippen LogP) is 2.40. The summed E-state index contributed by atoms with van der Waals surface area (Å²) in [6.07, 6.45) is 4.21. The highest BCUT2D eigenvalue weighted by Crippen LogP contribution is 2.22. The van der Waals surface area contributed by atoms with E-state index in [0.717, 1.165) is 29.8 Å². The number of hydrogen-bond donors (Lipinski definition) is 0. The SMILES string of the molecule is Brc1ncccc1OCC1CCCO1. The Kier molecular flexibility index (Phi) is 3.37. The molecule has 0 N–H and O–H groups in total. The van der Waals surface area contributed by atoms with E-state index >= 15 is 0 Å². The van der Waals surface area contributed by atoms with Crippen molar-refractivity contribution in [1.82, 2.24) is 4.98 Å². The smallest absolute Gasteiger partial charge is 0.152 e. The molecule has 0 radical (unpaired) electrons. The van der Waals surface area contributed by atoms with Crippen molar-refractivity contribution in [3.05, 3.63) is 22.9 Å². The second kappa shape index (κ2) is 4.75. The second-order valence-electron chi connectivity index (χ2n) is 3.24. The van der Waals surface area contributed by atoms with Gasteiger partial charge in [-0.05, 0) is 40.9 Å². The van der Waals surface area contributed by atoms with Crippen molar-refractivity contribution < 1.29 is 9.47 Å². The molecule has 0 aromatic carbocycles. The third kappa shape index (κ3) is 2.45. The van der Waals surface area contributed by atoms with Crippen molar-refractivity contribution in [3.63, 3.8) is 0 Å². The molecule has 76 valence electrons. The molecular formula is C10H12BrNO2. The molecule has 0 aliphatic carbocycles. The maximum atomic E-state index is 5.59. The van der Waals surface area contributed by atoms with Crippen LogP contribution >= 0.6 is 15.9 Å². The third-order valence-electron chi connectivity index (χ3n) is 2.17. The Morgan fingerprint density at radius 2 is 2.57 bits per heavy atom. The Morgan fingerprint density at radius 3 is 3.29 bits per heavy atom. The number of ether oxygens (including phenoxy) is 2. The highest BCUT2D eigenvalue weighted by Gasteiger charge is 2.16. The summed E-state index contributed by atoms with van der Waals surface area (Å²) in [5.74, 6) is 0.781. The topological polar surface area (TPSA) is 31.4 Å². The lowest BCUT2D eigenvalue weighted by atomic mass is 10.2. The van der Waals surface area contributed by atoms with Crippen LogP contribution < -0.4 is 4.74 Å². The van der Waals surface area contributed by atoms with E-state index in [-0.39, 0.29) is 6.10 Å². The van der Waals surface area contributed by atoms with Gasteiger partial charge < -0.3 is 9.47 Å². The first-order valence-electron chi connectivity index (χ1n) is 4.71. The zero-order chi connectivity index (χ0) is 9.80. The highest BCUT2D eigenvalue weighted by atomic mass is 79.9. The Labute approximate surface area is 91.6 Å². The number of rotatable bonds is 3. The van der Waals surface area contributed by atoms with Gasteiger partial charge in [-0.3, -0.25) is 0 Å². The van der Waals surface area contributed by atoms with Gasteiger partial charge in [0, 0.05) is 12.8 Å². The van der Waals surface area contributed by atoms with Crippen LogP contribution in [0, 0.1) is 0 Å². The van der Waals surface area contributed by atoms with Gasteiger partial charge in [-0.25, -0.2) is 4.98 Å². The lowest BCUT2D eigenvalue weighted by Crippen LogP contribution is -2.16. The molecule has 0 amide bonds. The van der Waals surface area contributed by atoms with Crippen molar-refractivity contribution in [2.75, 3.05) is 13.2 Å². The van der Waals surface area contributed by atoms with Gasteiger partial charge in [-0.1, -0.05) is 0 Å². The van der Waals surface area contributed by atoms with E-state index in [1.165, 1.54) is 0 Å². The molecule has 1 aromatic rings. The fraction of sp³-hybridized carbons (Fsp3) is 0.500. The fourth-order valence-electron chi connectivity index (χ4n) is 1.44. The number of hydrogen-bond acceptors (Lipinski definition) is 3. The average molecular weight is 258 g/mol. The summed E-state index contributed by atoms with van der Waals surface area (Å²) in [6.45, 7) is 1.48. The predicted molar refractivity (Wildman–Crippen MR) is 56.4 cm³/mol. The van der Waals surface area contributed by atoms with Crippen LogP contribution in [-0.4, -0.2) is 24.3 Å². The first-order chi connectivity index (χ1) is 6.86. The molecule has 14 heavy (non-hydrogen) atoms. The highest BCUT2D eigenvalue weighted by molar-refractivity contribution is 9.10. The standard InChI is InChI=1S/C10H12BrNO2/c11-10-9(4-1-5-12-10)14-7-8-3-2-6-13-8/h1,4-5,8H,2-3,6-7H2. The van der Waals surface area contributed by atoms with Gasteiger partial charge >= 0.3 is 0 Å². The van der Waals surface area contributed by atoms with Crippen molar-refractivity contribution in [1.29, 1.82) is 0 Å². The molecule has 0 bridgehead atoms. The summed E-state index contributed by atoms with van der Waals surface area (Å²) in [5, 5.41) is 0. The molecule has 3 nitrogen and oxygen atoms in total. The molecule has 2 rings (SSSR count). The summed E-state index contributed by atoms with van der Waals surface area (Å²) in [7, 11) is 0. The largest absolute Gasteiger partial charge is 0.488 e. The number of nitrogens with zero attached hydrogens (tertiary/aromatic N) is 1. The Hall–Kier alpha value is -0.610. The van der Waals surface area contributed by atoms with E-state index in [0.29, 0.717) is 6.61 Å². The summed E-state index contributed by atoms with van der Waals surface area (Å²) in [5.41, 5.74) is 0. The van der Waals surface area contributed by atoms with Crippen LogP contribution in [0.5, 0.6) is 5.75 Å². The van der Waals surface area contributed by atoms with Crippen LogP contribution in [0.15, 0.2) is 22.9 Å². The lowest BCUT2D eigenvalue weighted by molar-refractivity contribution is 0.0675. The molecule has 0 spiro atoms. The van der Waals surface area contributed by atoms with Gasteiger partial charge in [0.1, 0.15) is 11.2 Å². The van der Waals surface area contributed by atoms with E-state index < -0.39 is 0 Å². The van der Waals surface area contributed by atoms with Crippen LogP contribution in [0.2, 0.25) is 0 Å². The summed E-state index contributed by atoms with van der Waals surface area (Å²) >= 11 is 3.33. The average Bonchev–Trinajstić information content (AvgIpc) is 2.69. The molecule has 1 saturated heterocycles. The molecule has 1 fully saturated rings. The van der Waals surface area contributed by atoms with Crippen molar-refractivity contribution in [2.45, 2.75) is 18.9 Å². The third-order valence-corrected chi connectivity index (χ3v) is 2.77. The van der Waals surface area contributed by atoms with Crippen LogP contribution in [0.25, 0.3) is 0 Å². The molecule has 1 aliphatic rings. The normalized spacial score (nSPS) is 21.1. The van der Waals surface area contributed by atoms with Gasteiger partial charge in [-0.15, -0.1) is 0 Å². The molecule has 2 heterocycles. The van der Waals surface area contributed by atoms with Gasteiger partial charge in [0.05, 0.1) is 6.10 Å². The van der Waals surface area contributed by atoms with E-state index in [9.17, 15) is 0 Å². The van der Waals surface area contributed by atoms with E-state index in [1.807, 2.05) is 12.1 Å². The number of halogens is 1. The molecular weight excluding hydrogens is 246 g/mol. The summed E-state index contributed by atoms with van der Waals surface area (Å²) in [4.78, 5) is 4.08. The minimum Gasteiger partial charge on any atom is -0.488 e. The minimum absolute atomic E-state index is 0.252. The van der Waals surface area contributed by atoms with Crippen molar-refractivity contribution >= 4 is 15.9 Å². The molecule has 1 unspecified atom stereocenters. The van der Waals surface area contributed by atoms with Crippen LogP contribution in [0.3, 0.4) is 0 Å². The van der Waals surface area contributed by atoms with Crippen LogP contribution in [0.1, 0.15) is 12.8 Å². The van der Waals surface area contributed by atoms with Crippen molar-refractivity contribution in [2.24, 2.45) is 0 Å². The van der Waals surface area contributed by atoms with Gasteiger partial charge in [0.25, 0.3) is 0 Å². The van der Waals surface area contributed by atoms with Gasteiger partial charge in [-0.2, -0.15) is 0 Å². The Balaban J connectivity index is 1.88. The first-order valence-corrected chi connectivity index (χ1v) is 5.50. The van der Waals surface area contributed by atoms with E-state index in [2.05, 4.69) is 20.9 Å². The zero-order valence-electron chi connectivity index (χ0n) is 7.78. The first kappa shape index (κ1) is 9.93. The van der Waals surface area contributed by atoms with Gasteiger partial charge in [0.15, 0.2) is 5.75 Å². The molecule has 0 saturated carbocycles. The molecule has 4 heteroatoms. The number of pyridine rings is 1. The fourth-order valence-corrected chi connectivity index (χ4v) is 1.80. The van der Waals surface area contributed by atoms with Crippen molar-refractivity contribution in [3.8, 4) is 5.75 Å². The zero-order valence-corrected chi connectivity index (χ0v) is 9.37. The summed E-state index contributed by atoms with van der Waals surface area (Å²) < 4.78 is 11.8. The maximum Gasteiger partial charge on any atom is 0.152 e. The second-order valence-corrected chi connectivity index (χ2v) is 3.99. The minimum atomic E-state index is 0.252. The van der Waals surface area contributed by atoms with Crippen LogP contribution in [-0.2, 0) is 4.74 Å². The Bertz CT molecular complexity index is 300. The molecule has 1 atom stereocenters. The van der Waals surface area contributed by atoms with E-state index in [4.69, 9.17) is 9.47 Å². The molecule has 1 aromatic heterocycles. The molecule has 1 aliphatic heterocycles.